The van der Waals surface area contributed by atoms with Gasteiger partial charge in [-0.3, -0.25) is 19.1 Å². The molecule has 1 aliphatic rings. The van der Waals surface area contributed by atoms with Gasteiger partial charge in [0.15, 0.2) is 0 Å². The monoisotopic (exact) mass is 342 g/mol. The summed E-state index contributed by atoms with van der Waals surface area (Å²) in [6, 6.07) is 5.42. The van der Waals surface area contributed by atoms with Gasteiger partial charge in [0, 0.05) is 43.2 Å². The van der Waals surface area contributed by atoms with Gasteiger partial charge in [0.25, 0.3) is 5.56 Å². The van der Waals surface area contributed by atoms with Crippen molar-refractivity contribution in [2.75, 3.05) is 13.1 Å². The lowest BCUT2D eigenvalue weighted by molar-refractivity contribution is 0.163. The molecule has 134 valence electrons. The Morgan fingerprint density at radius 3 is 2.60 bits per heavy atom. The Morgan fingerprint density at radius 1 is 1.16 bits per heavy atom. The van der Waals surface area contributed by atoms with Gasteiger partial charge < -0.3 is 4.57 Å². The lowest BCUT2D eigenvalue weighted by atomic mass is 9.96. The average Bonchev–Trinajstić information content (AvgIpc) is 2.61. The lowest BCUT2D eigenvalue weighted by Crippen LogP contribution is -2.37. The number of aryl methyl sites for hydroxylation is 1. The maximum Gasteiger partial charge on any atom is 0.256 e. The SMILES string of the molecule is Cc1ncn(CC2CCN(Cc3cccc(=O)n3C)CC2)c(=O)c1C. The van der Waals surface area contributed by atoms with Gasteiger partial charge in [-0.15, -0.1) is 0 Å². The molecule has 2 aromatic rings. The number of nitrogens with zero attached hydrogens (tertiary/aromatic N) is 4. The molecule has 0 unspecified atom stereocenters. The number of likely N-dealkylation sites (tertiary alicyclic amines) is 1. The summed E-state index contributed by atoms with van der Waals surface area (Å²) in [5.41, 5.74) is 2.71. The minimum absolute atomic E-state index is 0.0361. The minimum Gasteiger partial charge on any atom is -0.314 e. The van der Waals surface area contributed by atoms with Gasteiger partial charge in [-0.25, -0.2) is 4.98 Å². The molecule has 0 N–H and O–H groups in total. The number of piperidine rings is 1. The summed E-state index contributed by atoms with van der Waals surface area (Å²) < 4.78 is 3.47. The van der Waals surface area contributed by atoms with Crippen LogP contribution < -0.4 is 11.1 Å². The maximum absolute atomic E-state index is 12.3. The summed E-state index contributed by atoms with van der Waals surface area (Å²) in [5.74, 6) is 0.498. The Balaban J connectivity index is 1.59. The fraction of sp³-hybridized carbons (Fsp3) is 0.526. The summed E-state index contributed by atoms with van der Waals surface area (Å²) in [6.07, 6.45) is 3.79. The maximum atomic E-state index is 12.3. The van der Waals surface area contributed by atoms with Gasteiger partial charge in [0.1, 0.15) is 0 Å². The standard InChI is InChI=1S/C19H26N4O2/c1-14-15(2)20-13-23(19(14)25)11-16-7-9-22(10-8-16)12-17-5-4-6-18(24)21(17)3/h4-6,13,16H,7-12H2,1-3H3. The van der Waals surface area contributed by atoms with Gasteiger partial charge in [-0.2, -0.15) is 0 Å². The van der Waals surface area contributed by atoms with Crippen molar-refractivity contribution in [3.8, 4) is 0 Å². The molecule has 0 radical (unpaired) electrons. The molecule has 25 heavy (non-hydrogen) atoms. The van der Waals surface area contributed by atoms with Gasteiger partial charge in [0.2, 0.25) is 5.56 Å². The molecule has 0 spiro atoms. The van der Waals surface area contributed by atoms with Crippen LogP contribution in [0.1, 0.15) is 29.8 Å². The van der Waals surface area contributed by atoms with Gasteiger partial charge in [0.05, 0.1) is 6.33 Å². The van der Waals surface area contributed by atoms with Crippen LogP contribution >= 0.6 is 0 Å². The van der Waals surface area contributed by atoms with E-state index in [0.717, 1.165) is 56.0 Å². The van der Waals surface area contributed by atoms with Crippen LogP contribution in [0.3, 0.4) is 0 Å². The van der Waals surface area contributed by atoms with E-state index in [2.05, 4.69) is 9.88 Å². The number of pyridine rings is 1. The highest BCUT2D eigenvalue weighted by Gasteiger charge is 2.21. The third kappa shape index (κ3) is 3.90. The third-order valence-corrected chi connectivity index (χ3v) is 5.35. The number of rotatable bonds is 4. The van der Waals surface area contributed by atoms with Gasteiger partial charge in [-0.1, -0.05) is 6.07 Å². The van der Waals surface area contributed by atoms with Crippen LogP contribution in [0.2, 0.25) is 0 Å². The van der Waals surface area contributed by atoms with E-state index in [-0.39, 0.29) is 11.1 Å². The van der Waals surface area contributed by atoms with E-state index in [1.54, 1.807) is 21.5 Å². The molecular formula is C19H26N4O2. The fourth-order valence-electron chi connectivity index (χ4n) is 3.41. The molecule has 0 atom stereocenters. The van der Waals surface area contributed by atoms with Crippen LogP contribution in [-0.2, 0) is 20.1 Å². The molecule has 0 aromatic carbocycles. The predicted octanol–water partition coefficient (Wildman–Crippen LogP) is 1.47. The first-order chi connectivity index (χ1) is 12.0. The minimum atomic E-state index is 0.0361. The predicted molar refractivity (Wildman–Crippen MR) is 97.7 cm³/mol. The van der Waals surface area contributed by atoms with E-state index in [0.29, 0.717) is 5.92 Å². The van der Waals surface area contributed by atoms with Crippen LogP contribution in [0.4, 0.5) is 0 Å². The Bertz CT molecular complexity index is 860. The van der Waals surface area contributed by atoms with Crippen molar-refractivity contribution < 1.29 is 0 Å². The highest BCUT2D eigenvalue weighted by atomic mass is 16.1. The molecule has 6 nitrogen and oxygen atoms in total. The van der Waals surface area contributed by atoms with E-state index in [9.17, 15) is 9.59 Å². The summed E-state index contributed by atoms with van der Waals surface area (Å²) in [6.45, 7) is 7.22. The van der Waals surface area contributed by atoms with Crippen molar-refractivity contribution in [1.29, 1.82) is 0 Å². The van der Waals surface area contributed by atoms with Crippen molar-refractivity contribution in [2.45, 2.75) is 39.8 Å². The fourth-order valence-corrected chi connectivity index (χ4v) is 3.41. The van der Waals surface area contributed by atoms with E-state index in [4.69, 9.17) is 0 Å². The molecule has 6 heteroatoms. The Kier molecular flexibility index (Phi) is 5.18. The lowest BCUT2D eigenvalue weighted by Gasteiger charge is -2.32. The van der Waals surface area contributed by atoms with E-state index in [1.807, 2.05) is 33.0 Å². The second-order valence-electron chi connectivity index (χ2n) is 7.05. The second-order valence-corrected chi connectivity index (χ2v) is 7.05. The van der Waals surface area contributed by atoms with Crippen molar-refractivity contribution in [2.24, 2.45) is 13.0 Å². The highest BCUT2D eigenvalue weighted by Crippen LogP contribution is 2.20. The van der Waals surface area contributed by atoms with Crippen LogP contribution in [0.25, 0.3) is 0 Å². The molecule has 2 aromatic heterocycles. The third-order valence-electron chi connectivity index (χ3n) is 5.35. The molecule has 3 heterocycles. The summed E-state index contributed by atoms with van der Waals surface area (Å²) in [5, 5.41) is 0. The molecule has 1 fully saturated rings. The average molecular weight is 342 g/mol. The zero-order valence-corrected chi connectivity index (χ0v) is 15.2. The Morgan fingerprint density at radius 2 is 1.88 bits per heavy atom. The van der Waals surface area contributed by atoms with E-state index in [1.165, 1.54) is 0 Å². The molecule has 0 bridgehead atoms. The van der Waals surface area contributed by atoms with Crippen molar-refractivity contribution in [1.82, 2.24) is 19.0 Å². The van der Waals surface area contributed by atoms with Gasteiger partial charge in [-0.05, 0) is 51.8 Å². The summed E-state index contributed by atoms with van der Waals surface area (Å²) >= 11 is 0. The summed E-state index contributed by atoms with van der Waals surface area (Å²) in [4.78, 5) is 30.7. The molecule has 3 rings (SSSR count). The molecule has 0 amide bonds. The van der Waals surface area contributed by atoms with Crippen LogP contribution in [-0.4, -0.2) is 32.1 Å². The van der Waals surface area contributed by atoms with Gasteiger partial charge >= 0.3 is 0 Å². The number of hydrogen-bond acceptors (Lipinski definition) is 4. The van der Waals surface area contributed by atoms with E-state index >= 15 is 0 Å². The van der Waals surface area contributed by atoms with E-state index < -0.39 is 0 Å². The van der Waals surface area contributed by atoms with Crippen molar-refractivity contribution in [3.05, 3.63) is 62.2 Å². The Labute approximate surface area is 147 Å². The molecule has 1 saturated heterocycles. The second kappa shape index (κ2) is 7.35. The van der Waals surface area contributed by atoms with Crippen molar-refractivity contribution in [3.63, 3.8) is 0 Å². The van der Waals surface area contributed by atoms with Crippen LogP contribution in [0.5, 0.6) is 0 Å². The first-order valence-corrected chi connectivity index (χ1v) is 8.85. The number of aromatic nitrogens is 3. The van der Waals surface area contributed by atoms with Crippen LogP contribution in [0, 0.1) is 19.8 Å². The number of hydrogen-bond donors (Lipinski definition) is 0. The first-order valence-electron chi connectivity index (χ1n) is 8.85. The molecule has 0 saturated carbocycles. The molecular weight excluding hydrogens is 316 g/mol. The largest absolute Gasteiger partial charge is 0.314 e. The highest BCUT2D eigenvalue weighted by molar-refractivity contribution is 5.12. The molecule has 0 aliphatic carbocycles. The zero-order valence-electron chi connectivity index (χ0n) is 15.2. The summed E-state index contributed by atoms with van der Waals surface area (Å²) in [7, 11) is 1.82. The first kappa shape index (κ1) is 17.6. The van der Waals surface area contributed by atoms with Crippen LogP contribution in [0.15, 0.2) is 34.1 Å². The van der Waals surface area contributed by atoms with Crippen molar-refractivity contribution >= 4 is 0 Å². The topological polar surface area (TPSA) is 60.1 Å². The normalized spacial score (nSPS) is 16.3. The quantitative estimate of drug-likeness (QED) is 0.844. The molecule has 1 aliphatic heterocycles. The Hall–Kier alpha value is -2.21. The smallest absolute Gasteiger partial charge is 0.256 e. The zero-order chi connectivity index (χ0) is 18.0.